The number of rotatable bonds is 5. The van der Waals surface area contributed by atoms with Crippen LogP contribution in [0.4, 0.5) is 0 Å². The van der Waals surface area contributed by atoms with Crippen molar-refractivity contribution in [2.24, 2.45) is 5.92 Å². The molecule has 3 fully saturated rings. The van der Waals surface area contributed by atoms with E-state index in [1.54, 1.807) is 0 Å². The van der Waals surface area contributed by atoms with Crippen LogP contribution in [0.15, 0.2) is 0 Å². The molecule has 0 amide bonds. The Morgan fingerprint density at radius 1 is 1.20 bits per heavy atom. The third kappa shape index (κ3) is 3.34. The maximum absolute atomic E-state index is 6.04. The van der Waals surface area contributed by atoms with Gasteiger partial charge in [0.25, 0.3) is 0 Å². The van der Waals surface area contributed by atoms with Crippen molar-refractivity contribution in [3.63, 3.8) is 0 Å². The highest BCUT2D eigenvalue weighted by Gasteiger charge is 2.43. The molecule has 3 rings (SSSR count). The van der Waals surface area contributed by atoms with Gasteiger partial charge in [0.2, 0.25) is 0 Å². The molecule has 5 nitrogen and oxygen atoms in total. The van der Waals surface area contributed by atoms with E-state index in [0.29, 0.717) is 12.0 Å². The van der Waals surface area contributed by atoms with Gasteiger partial charge in [-0.25, -0.2) is 0 Å². The molecule has 0 saturated carbocycles. The lowest BCUT2D eigenvalue weighted by atomic mass is 9.80. The van der Waals surface area contributed by atoms with Crippen molar-refractivity contribution >= 4 is 0 Å². The number of nitrogens with one attached hydrogen (secondary N) is 1. The summed E-state index contributed by atoms with van der Waals surface area (Å²) in [4.78, 5) is 0. The van der Waals surface area contributed by atoms with E-state index in [-0.39, 0.29) is 11.9 Å². The summed E-state index contributed by atoms with van der Waals surface area (Å²) < 4.78 is 22.8. The minimum atomic E-state index is -0.0299. The summed E-state index contributed by atoms with van der Waals surface area (Å²) in [5, 5.41) is 3.63. The monoisotopic (exact) mass is 285 g/mol. The van der Waals surface area contributed by atoms with Gasteiger partial charge < -0.3 is 24.3 Å². The standard InChI is InChI=1S/C15H27NO4/c1-2-16-13(9-14-18-7-8-19-14)12-3-5-20-15(10-12)4-6-17-11-15/h12-14,16H,2-11H2,1H3. The molecule has 0 aliphatic carbocycles. The zero-order valence-electron chi connectivity index (χ0n) is 12.4. The van der Waals surface area contributed by atoms with Crippen LogP contribution in [0, 0.1) is 5.92 Å². The predicted molar refractivity (Wildman–Crippen MR) is 74.6 cm³/mol. The first-order chi connectivity index (χ1) is 9.81. The molecule has 3 saturated heterocycles. The summed E-state index contributed by atoms with van der Waals surface area (Å²) in [7, 11) is 0. The van der Waals surface area contributed by atoms with Gasteiger partial charge in [-0.3, -0.25) is 0 Å². The topological polar surface area (TPSA) is 49.0 Å². The maximum Gasteiger partial charge on any atom is 0.159 e. The second-order valence-electron chi connectivity index (χ2n) is 6.16. The van der Waals surface area contributed by atoms with E-state index in [4.69, 9.17) is 18.9 Å². The van der Waals surface area contributed by atoms with Crippen LogP contribution in [0.25, 0.3) is 0 Å². The molecule has 1 spiro atoms. The van der Waals surface area contributed by atoms with Gasteiger partial charge in [-0.2, -0.15) is 0 Å². The molecule has 3 aliphatic heterocycles. The van der Waals surface area contributed by atoms with Gasteiger partial charge in [-0.1, -0.05) is 6.92 Å². The largest absolute Gasteiger partial charge is 0.378 e. The average molecular weight is 285 g/mol. The Hall–Kier alpha value is -0.200. The first-order valence-corrected chi connectivity index (χ1v) is 8.00. The van der Waals surface area contributed by atoms with E-state index in [1.165, 1.54) is 0 Å². The lowest BCUT2D eigenvalue weighted by Gasteiger charge is -2.41. The SMILES string of the molecule is CCNC(CC1OCCO1)C1CCOC2(CCOC2)C1. The minimum absolute atomic E-state index is 0.0199. The summed E-state index contributed by atoms with van der Waals surface area (Å²) in [6.45, 7) is 7.06. The second kappa shape index (κ2) is 6.71. The maximum atomic E-state index is 6.04. The molecule has 0 aromatic rings. The van der Waals surface area contributed by atoms with Crippen LogP contribution < -0.4 is 5.32 Å². The Morgan fingerprint density at radius 2 is 2.05 bits per heavy atom. The summed E-state index contributed by atoms with van der Waals surface area (Å²) in [5.41, 5.74) is -0.0199. The molecule has 3 atom stereocenters. The Labute approximate surface area is 121 Å². The van der Waals surface area contributed by atoms with Crippen molar-refractivity contribution in [3.05, 3.63) is 0 Å². The normalized spacial score (nSPS) is 36.8. The quantitative estimate of drug-likeness (QED) is 0.825. The van der Waals surface area contributed by atoms with Crippen LogP contribution >= 0.6 is 0 Å². The predicted octanol–water partition coefficient (Wildman–Crippen LogP) is 1.31. The Morgan fingerprint density at radius 3 is 2.75 bits per heavy atom. The first kappa shape index (κ1) is 14.7. The lowest BCUT2D eigenvalue weighted by molar-refractivity contribution is -0.111. The summed E-state index contributed by atoms with van der Waals surface area (Å²) in [6, 6.07) is 0.449. The number of ether oxygens (including phenoxy) is 4. The third-order valence-electron chi connectivity index (χ3n) is 4.77. The highest BCUT2D eigenvalue weighted by atomic mass is 16.7. The average Bonchev–Trinajstić information content (AvgIpc) is 3.11. The molecule has 0 radical (unpaired) electrons. The van der Waals surface area contributed by atoms with Gasteiger partial charge in [0, 0.05) is 32.1 Å². The second-order valence-corrected chi connectivity index (χ2v) is 6.16. The Bertz CT molecular complexity index is 298. The zero-order valence-corrected chi connectivity index (χ0v) is 12.4. The highest BCUT2D eigenvalue weighted by Crippen LogP contribution is 2.38. The molecule has 3 unspecified atom stereocenters. The van der Waals surface area contributed by atoms with Crippen LogP contribution in [-0.2, 0) is 18.9 Å². The van der Waals surface area contributed by atoms with E-state index in [1.807, 2.05) is 0 Å². The van der Waals surface area contributed by atoms with E-state index in [2.05, 4.69) is 12.2 Å². The highest BCUT2D eigenvalue weighted by molar-refractivity contribution is 4.94. The zero-order chi connectivity index (χ0) is 13.8. The molecule has 116 valence electrons. The van der Waals surface area contributed by atoms with Crippen LogP contribution in [0.1, 0.15) is 32.6 Å². The smallest absolute Gasteiger partial charge is 0.159 e. The van der Waals surface area contributed by atoms with Crippen molar-refractivity contribution in [2.45, 2.75) is 50.5 Å². The van der Waals surface area contributed by atoms with E-state index < -0.39 is 0 Å². The first-order valence-electron chi connectivity index (χ1n) is 8.00. The molecule has 0 bridgehead atoms. The fourth-order valence-electron chi connectivity index (χ4n) is 3.73. The van der Waals surface area contributed by atoms with Crippen molar-refractivity contribution in [2.75, 3.05) is 39.6 Å². The van der Waals surface area contributed by atoms with Gasteiger partial charge in [0.1, 0.15) is 0 Å². The van der Waals surface area contributed by atoms with Crippen LogP contribution in [-0.4, -0.2) is 57.5 Å². The van der Waals surface area contributed by atoms with Crippen molar-refractivity contribution in [1.82, 2.24) is 5.32 Å². The van der Waals surface area contributed by atoms with Gasteiger partial charge in [0.15, 0.2) is 6.29 Å². The summed E-state index contributed by atoms with van der Waals surface area (Å²) in [6.07, 6.45) is 4.16. The summed E-state index contributed by atoms with van der Waals surface area (Å²) >= 11 is 0. The van der Waals surface area contributed by atoms with Crippen molar-refractivity contribution in [1.29, 1.82) is 0 Å². The van der Waals surface area contributed by atoms with E-state index in [9.17, 15) is 0 Å². The molecule has 3 heterocycles. The van der Waals surface area contributed by atoms with Gasteiger partial charge >= 0.3 is 0 Å². The van der Waals surface area contributed by atoms with E-state index >= 15 is 0 Å². The van der Waals surface area contributed by atoms with Crippen molar-refractivity contribution < 1.29 is 18.9 Å². The van der Waals surface area contributed by atoms with Gasteiger partial charge in [-0.05, 0) is 25.3 Å². The molecule has 0 aromatic heterocycles. The van der Waals surface area contributed by atoms with Crippen molar-refractivity contribution in [3.8, 4) is 0 Å². The summed E-state index contributed by atoms with van der Waals surface area (Å²) in [5.74, 6) is 0.623. The Balaban J connectivity index is 1.60. The van der Waals surface area contributed by atoms with Crippen LogP contribution in [0.5, 0.6) is 0 Å². The minimum Gasteiger partial charge on any atom is -0.378 e. The van der Waals surface area contributed by atoms with Crippen LogP contribution in [0.2, 0.25) is 0 Å². The molecule has 0 aromatic carbocycles. The molecule has 5 heteroatoms. The van der Waals surface area contributed by atoms with E-state index in [0.717, 1.165) is 65.3 Å². The van der Waals surface area contributed by atoms with Gasteiger partial charge in [-0.15, -0.1) is 0 Å². The number of hydrogen-bond donors (Lipinski definition) is 1. The molecule has 3 aliphatic rings. The molecule has 20 heavy (non-hydrogen) atoms. The molecular formula is C15H27NO4. The molecule has 1 N–H and O–H groups in total. The Kier molecular flexibility index (Phi) is 4.94. The third-order valence-corrected chi connectivity index (χ3v) is 4.77. The fourth-order valence-corrected chi connectivity index (χ4v) is 3.73. The van der Waals surface area contributed by atoms with Crippen LogP contribution in [0.3, 0.4) is 0 Å². The fraction of sp³-hybridized carbons (Fsp3) is 1.00. The lowest BCUT2D eigenvalue weighted by Crippen LogP contribution is -2.48. The van der Waals surface area contributed by atoms with Gasteiger partial charge in [0.05, 0.1) is 25.4 Å². The number of hydrogen-bond acceptors (Lipinski definition) is 5. The molecular weight excluding hydrogens is 258 g/mol.